The van der Waals surface area contributed by atoms with Gasteiger partial charge in [-0.3, -0.25) is 15.1 Å². The van der Waals surface area contributed by atoms with Crippen molar-refractivity contribution in [2.45, 2.75) is 0 Å². The van der Waals surface area contributed by atoms with E-state index in [1.165, 1.54) is 24.3 Å². The third kappa shape index (κ3) is 3.09. The van der Waals surface area contributed by atoms with Gasteiger partial charge in [0.1, 0.15) is 0 Å². The summed E-state index contributed by atoms with van der Waals surface area (Å²) >= 11 is 6.01. The largest absolute Gasteiger partial charge is 0.402 e. The van der Waals surface area contributed by atoms with Gasteiger partial charge >= 0.3 is 5.97 Å². The highest BCUT2D eigenvalue weighted by Crippen LogP contribution is 2.27. The normalized spacial score (nSPS) is 15.4. The minimum Gasteiger partial charge on any atom is -0.402 e. The average Bonchev–Trinajstić information content (AvgIpc) is 2.89. The number of nitro benzene ring substituents is 1. The monoisotopic (exact) mass is 329 g/mol. The Morgan fingerprint density at radius 1 is 1.30 bits per heavy atom. The van der Waals surface area contributed by atoms with Crippen molar-refractivity contribution in [3.05, 3.63) is 74.7 Å². The summed E-state index contributed by atoms with van der Waals surface area (Å²) in [6.45, 7) is 0. The number of carbonyl (C=O) groups is 1. The zero-order valence-corrected chi connectivity index (χ0v) is 12.2. The molecule has 0 radical (unpaired) electrons. The lowest BCUT2D eigenvalue weighted by Crippen LogP contribution is -2.06. The van der Waals surface area contributed by atoms with E-state index >= 15 is 0 Å². The number of ether oxygens (including phenoxy) is 1. The molecular weight excluding hydrogens is 322 g/mol. The molecule has 23 heavy (non-hydrogen) atoms. The molecular formula is C15H8ClN3O4. The highest BCUT2D eigenvalue weighted by atomic mass is 35.5. The van der Waals surface area contributed by atoms with Crippen molar-refractivity contribution in [2.24, 2.45) is 4.99 Å². The van der Waals surface area contributed by atoms with E-state index in [2.05, 4.69) is 9.98 Å². The number of hydrogen-bond donors (Lipinski definition) is 0. The lowest BCUT2D eigenvalue weighted by atomic mass is 10.2. The Kier molecular flexibility index (Phi) is 3.86. The molecule has 0 saturated heterocycles. The Hall–Kier alpha value is -3.06. The van der Waals surface area contributed by atoms with Crippen molar-refractivity contribution in [1.29, 1.82) is 0 Å². The maximum absolute atomic E-state index is 11.9. The van der Waals surface area contributed by atoms with Crippen molar-refractivity contribution >= 4 is 35.2 Å². The van der Waals surface area contributed by atoms with Gasteiger partial charge in [-0.25, -0.2) is 9.79 Å². The number of halogens is 1. The van der Waals surface area contributed by atoms with Crippen LogP contribution in [0.4, 0.5) is 5.69 Å². The third-order valence-corrected chi connectivity index (χ3v) is 3.33. The Bertz CT molecular complexity index is 862. The molecule has 0 atom stereocenters. The van der Waals surface area contributed by atoms with E-state index < -0.39 is 10.9 Å². The summed E-state index contributed by atoms with van der Waals surface area (Å²) in [5, 5.41) is 11.0. The number of rotatable bonds is 3. The molecule has 0 amide bonds. The van der Waals surface area contributed by atoms with Crippen LogP contribution in [0.3, 0.4) is 0 Å². The van der Waals surface area contributed by atoms with Crippen LogP contribution < -0.4 is 0 Å². The van der Waals surface area contributed by atoms with Crippen LogP contribution in [0.1, 0.15) is 11.1 Å². The maximum Gasteiger partial charge on any atom is 0.363 e. The smallest absolute Gasteiger partial charge is 0.363 e. The predicted molar refractivity (Wildman–Crippen MR) is 82.9 cm³/mol. The van der Waals surface area contributed by atoms with Crippen molar-refractivity contribution in [3.8, 4) is 0 Å². The summed E-state index contributed by atoms with van der Waals surface area (Å²) in [5.74, 6) is -0.731. The van der Waals surface area contributed by atoms with Gasteiger partial charge in [-0.2, -0.15) is 0 Å². The van der Waals surface area contributed by atoms with Gasteiger partial charge in [-0.1, -0.05) is 17.7 Å². The molecule has 0 N–H and O–H groups in total. The molecule has 1 aliphatic rings. The molecule has 2 heterocycles. The zero-order chi connectivity index (χ0) is 16.4. The van der Waals surface area contributed by atoms with E-state index in [0.29, 0.717) is 5.56 Å². The van der Waals surface area contributed by atoms with E-state index in [-0.39, 0.29) is 27.9 Å². The predicted octanol–water partition coefficient (Wildman–Crippen LogP) is 2.99. The molecule has 8 heteroatoms. The number of aliphatic imine (C=N–C) groups is 1. The SMILES string of the molecule is O=C1OC(c2cc([N+](=O)[O-])ccc2Cl)=N/C1=C\c1cccnc1. The number of cyclic esters (lactones) is 1. The molecule has 0 aliphatic carbocycles. The van der Waals surface area contributed by atoms with Crippen molar-refractivity contribution in [1.82, 2.24) is 4.98 Å². The second kappa shape index (κ2) is 5.98. The van der Waals surface area contributed by atoms with Gasteiger partial charge in [0.2, 0.25) is 5.90 Å². The number of carbonyl (C=O) groups excluding carboxylic acids is 1. The number of esters is 1. The maximum atomic E-state index is 11.9. The third-order valence-electron chi connectivity index (χ3n) is 3.00. The number of hydrogen-bond acceptors (Lipinski definition) is 6. The molecule has 114 valence electrons. The fourth-order valence-corrected chi connectivity index (χ4v) is 2.13. The Morgan fingerprint density at radius 3 is 2.83 bits per heavy atom. The Morgan fingerprint density at radius 2 is 2.13 bits per heavy atom. The second-order valence-electron chi connectivity index (χ2n) is 4.54. The van der Waals surface area contributed by atoms with E-state index in [4.69, 9.17) is 16.3 Å². The van der Waals surface area contributed by atoms with Crippen LogP contribution in [-0.2, 0) is 9.53 Å². The Labute approximate surface area is 135 Å². The lowest BCUT2D eigenvalue weighted by molar-refractivity contribution is -0.384. The molecule has 0 saturated carbocycles. The van der Waals surface area contributed by atoms with Crippen LogP contribution in [0.2, 0.25) is 5.02 Å². The lowest BCUT2D eigenvalue weighted by Gasteiger charge is -2.02. The fourth-order valence-electron chi connectivity index (χ4n) is 1.93. The molecule has 0 fully saturated rings. The van der Waals surface area contributed by atoms with Crippen LogP contribution in [0.25, 0.3) is 6.08 Å². The number of aromatic nitrogens is 1. The fraction of sp³-hybridized carbons (Fsp3) is 0. The van der Waals surface area contributed by atoms with Gasteiger partial charge in [0.15, 0.2) is 5.70 Å². The minimum atomic E-state index is -0.661. The molecule has 0 bridgehead atoms. The number of nitro groups is 1. The van der Waals surface area contributed by atoms with Crippen LogP contribution in [0.5, 0.6) is 0 Å². The summed E-state index contributed by atoms with van der Waals surface area (Å²) in [4.78, 5) is 30.2. The first-order valence-corrected chi connectivity index (χ1v) is 6.79. The summed E-state index contributed by atoms with van der Waals surface area (Å²) in [7, 11) is 0. The number of non-ortho nitro benzene ring substituents is 1. The molecule has 1 aromatic heterocycles. The van der Waals surface area contributed by atoms with Gasteiger partial charge in [0.25, 0.3) is 5.69 Å². The quantitative estimate of drug-likeness (QED) is 0.373. The number of nitrogens with zero attached hydrogens (tertiary/aromatic N) is 3. The van der Waals surface area contributed by atoms with Gasteiger partial charge < -0.3 is 4.74 Å². The standard InChI is InChI=1S/C15H8ClN3O4/c16-12-4-3-10(19(21)22)7-11(12)14-18-13(15(20)23-14)6-9-2-1-5-17-8-9/h1-8H/b13-6-. The summed E-state index contributed by atoms with van der Waals surface area (Å²) in [5.41, 5.74) is 0.752. The van der Waals surface area contributed by atoms with E-state index in [1.54, 1.807) is 24.5 Å². The van der Waals surface area contributed by atoms with Crippen molar-refractivity contribution in [2.75, 3.05) is 0 Å². The van der Waals surface area contributed by atoms with E-state index in [9.17, 15) is 14.9 Å². The van der Waals surface area contributed by atoms with Crippen molar-refractivity contribution < 1.29 is 14.5 Å². The minimum absolute atomic E-state index is 0.0653. The van der Waals surface area contributed by atoms with Crippen LogP contribution >= 0.6 is 11.6 Å². The molecule has 0 unspecified atom stereocenters. The first-order valence-electron chi connectivity index (χ1n) is 6.41. The zero-order valence-electron chi connectivity index (χ0n) is 11.5. The first-order chi connectivity index (χ1) is 11.0. The summed E-state index contributed by atoms with van der Waals surface area (Å²) in [6.07, 6.45) is 4.67. The topological polar surface area (TPSA) is 94.7 Å². The van der Waals surface area contributed by atoms with Crippen LogP contribution in [-0.4, -0.2) is 21.8 Å². The van der Waals surface area contributed by atoms with Crippen LogP contribution in [0.15, 0.2) is 53.4 Å². The molecule has 3 rings (SSSR count). The number of pyridine rings is 1. The summed E-state index contributed by atoms with van der Waals surface area (Å²) < 4.78 is 5.06. The van der Waals surface area contributed by atoms with Gasteiger partial charge in [0.05, 0.1) is 15.5 Å². The highest BCUT2D eigenvalue weighted by molar-refractivity contribution is 6.34. The second-order valence-corrected chi connectivity index (χ2v) is 4.95. The van der Waals surface area contributed by atoms with Crippen molar-refractivity contribution in [3.63, 3.8) is 0 Å². The van der Waals surface area contributed by atoms with Gasteiger partial charge in [0, 0.05) is 24.5 Å². The van der Waals surface area contributed by atoms with Gasteiger partial charge in [-0.15, -0.1) is 0 Å². The first kappa shape index (κ1) is 14.9. The molecule has 2 aromatic rings. The van der Waals surface area contributed by atoms with E-state index in [1.807, 2.05) is 0 Å². The number of benzene rings is 1. The van der Waals surface area contributed by atoms with Gasteiger partial charge in [-0.05, 0) is 23.8 Å². The van der Waals surface area contributed by atoms with E-state index in [0.717, 1.165) is 0 Å². The summed E-state index contributed by atoms with van der Waals surface area (Å²) in [6, 6.07) is 7.29. The highest BCUT2D eigenvalue weighted by Gasteiger charge is 2.27. The molecule has 1 aliphatic heterocycles. The molecule has 0 spiro atoms. The van der Waals surface area contributed by atoms with Crippen LogP contribution in [0, 0.1) is 10.1 Å². The molecule has 1 aromatic carbocycles. The Balaban J connectivity index is 2.00. The molecule has 7 nitrogen and oxygen atoms in total. The average molecular weight is 330 g/mol.